The maximum absolute atomic E-state index is 9.20. The van der Waals surface area contributed by atoms with Crippen LogP contribution in [0.15, 0.2) is 24.5 Å². The zero-order valence-corrected chi connectivity index (χ0v) is 10.4. The number of hydrogen-bond donors (Lipinski definition) is 1. The summed E-state index contributed by atoms with van der Waals surface area (Å²) < 4.78 is 7.50. The summed E-state index contributed by atoms with van der Waals surface area (Å²) >= 11 is 0. The minimum absolute atomic E-state index is 0.0642. The maximum atomic E-state index is 9.20. The Morgan fingerprint density at radius 1 is 1.50 bits per heavy atom. The predicted octanol–water partition coefficient (Wildman–Crippen LogP) is 0.771. The molecule has 1 aromatic heterocycles. The molecule has 5 heteroatoms. The number of hydrogen-bond acceptors (Lipinski definition) is 4. The van der Waals surface area contributed by atoms with Crippen LogP contribution in [0.1, 0.15) is 0 Å². The fourth-order valence-corrected chi connectivity index (χ4v) is 2.45. The molecule has 1 atom stereocenters. The van der Waals surface area contributed by atoms with E-state index in [4.69, 9.17) is 4.74 Å². The highest BCUT2D eigenvalue weighted by atomic mass is 16.5. The van der Waals surface area contributed by atoms with Crippen LogP contribution in [0.25, 0.3) is 11.0 Å². The Hall–Kier alpha value is -1.59. The fourth-order valence-electron chi connectivity index (χ4n) is 2.45. The molecule has 1 aromatic carbocycles. The van der Waals surface area contributed by atoms with Crippen molar-refractivity contribution in [3.8, 4) is 0 Å². The largest absolute Gasteiger partial charge is 0.394 e. The number of ether oxygens (including phenoxy) is 1. The van der Waals surface area contributed by atoms with E-state index in [1.165, 1.54) is 0 Å². The van der Waals surface area contributed by atoms with Gasteiger partial charge in [-0.25, -0.2) is 4.98 Å². The maximum Gasteiger partial charge on any atom is 0.112 e. The molecule has 1 fully saturated rings. The summed E-state index contributed by atoms with van der Waals surface area (Å²) in [7, 11) is 1.99. The second kappa shape index (κ2) is 4.59. The third-order valence-corrected chi connectivity index (χ3v) is 3.42. The molecular weight excluding hydrogens is 230 g/mol. The molecule has 96 valence electrons. The van der Waals surface area contributed by atoms with E-state index in [-0.39, 0.29) is 12.7 Å². The molecule has 18 heavy (non-hydrogen) atoms. The molecule has 1 N–H and O–H groups in total. The summed E-state index contributed by atoms with van der Waals surface area (Å²) in [5.41, 5.74) is 3.26. The molecule has 2 aromatic rings. The lowest BCUT2D eigenvalue weighted by Gasteiger charge is -2.33. The molecule has 0 unspecified atom stereocenters. The van der Waals surface area contributed by atoms with Gasteiger partial charge in [0, 0.05) is 20.1 Å². The zero-order chi connectivity index (χ0) is 12.5. The van der Waals surface area contributed by atoms with Crippen LogP contribution < -0.4 is 4.90 Å². The van der Waals surface area contributed by atoms with E-state index in [1.54, 1.807) is 0 Å². The van der Waals surface area contributed by atoms with Crippen molar-refractivity contribution in [2.24, 2.45) is 7.05 Å². The standard InChI is InChI=1S/C13H17N3O2/c1-15-9-14-13-11(15)3-2-4-12(13)16-5-6-18-10(7-16)8-17/h2-4,9-10,17H,5-8H2,1H3/t10-/m0/s1. The van der Waals surface area contributed by atoms with E-state index in [9.17, 15) is 5.11 Å². The van der Waals surface area contributed by atoms with Gasteiger partial charge >= 0.3 is 0 Å². The quantitative estimate of drug-likeness (QED) is 0.851. The summed E-state index contributed by atoms with van der Waals surface area (Å²) in [5.74, 6) is 0. The number of morpholine rings is 1. The number of imidazole rings is 1. The molecule has 0 saturated carbocycles. The Balaban J connectivity index is 1.98. The smallest absolute Gasteiger partial charge is 0.112 e. The summed E-state index contributed by atoms with van der Waals surface area (Å²) in [4.78, 5) is 6.70. The van der Waals surface area contributed by atoms with E-state index < -0.39 is 0 Å². The highest BCUT2D eigenvalue weighted by molar-refractivity contribution is 5.89. The Morgan fingerprint density at radius 3 is 3.22 bits per heavy atom. The van der Waals surface area contributed by atoms with Gasteiger partial charge in [-0.3, -0.25) is 0 Å². The van der Waals surface area contributed by atoms with Crippen LogP contribution in [-0.2, 0) is 11.8 Å². The second-order valence-electron chi connectivity index (χ2n) is 4.62. The first kappa shape index (κ1) is 11.5. The monoisotopic (exact) mass is 247 g/mol. The lowest BCUT2D eigenvalue weighted by molar-refractivity contribution is 0.00363. The van der Waals surface area contributed by atoms with Gasteiger partial charge in [-0.2, -0.15) is 0 Å². The number of benzene rings is 1. The molecule has 5 nitrogen and oxygen atoms in total. The topological polar surface area (TPSA) is 50.5 Å². The van der Waals surface area contributed by atoms with Gasteiger partial charge in [0.2, 0.25) is 0 Å². The van der Waals surface area contributed by atoms with Crippen molar-refractivity contribution in [2.45, 2.75) is 6.10 Å². The van der Waals surface area contributed by atoms with Crippen molar-refractivity contribution >= 4 is 16.7 Å². The number of anilines is 1. The molecule has 1 aliphatic rings. The average molecular weight is 247 g/mol. The summed E-state index contributed by atoms with van der Waals surface area (Å²) in [5, 5.41) is 9.20. The number of aliphatic hydroxyl groups excluding tert-OH is 1. The average Bonchev–Trinajstić information content (AvgIpc) is 2.81. The number of aryl methyl sites for hydroxylation is 1. The zero-order valence-electron chi connectivity index (χ0n) is 10.4. The number of nitrogens with zero attached hydrogens (tertiary/aromatic N) is 3. The minimum Gasteiger partial charge on any atom is -0.394 e. The summed E-state index contributed by atoms with van der Waals surface area (Å²) in [6.07, 6.45) is 1.73. The molecule has 0 aliphatic carbocycles. The highest BCUT2D eigenvalue weighted by Crippen LogP contribution is 2.26. The van der Waals surface area contributed by atoms with Crippen molar-refractivity contribution in [1.82, 2.24) is 9.55 Å². The van der Waals surface area contributed by atoms with Gasteiger partial charge < -0.3 is 19.3 Å². The van der Waals surface area contributed by atoms with Gasteiger partial charge in [0.1, 0.15) is 5.52 Å². The normalized spacial score (nSPS) is 20.6. The van der Waals surface area contributed by atoms with Crippen molar-refractivity contribution in [3.05, 3.63) is 24.5 Å². The SMILES string of the molecule is Cn1cnc2c(N3CCO[C@H](CO)C3)cccc21. The third kappa shape index (κ3) is 1.85. The van der Waals surface area contributed by atoms with Crippen LogP contribution >= 0.6 is 0 Å². The van der Waals surface area contributed by atoms with Crippen LogP contribution in [-0.4, -0.2) is 47.1 Å². The summed E-state index contributed by atoms with van der Waals surface area (Å²) in [6.45, 7) is 2.27. The van der Waals surface area contributed by atoms with Gasteiger partial charge in [-0.15, -0.1) is 0 Å². The van der Waals surface area contributed by atoms with E-state index >= 15 is 0 Å². The molecule has 0 radical (unpaired) electrons. The molecule has 2 heterocycles. The van der Waals surface area contributed by atoms with E-state index in [0.717, 1.165) is 23.3 Å². The van der Waals surface area contributed by atoms with Gasteiger partial charge in [0.15, 0.2) is 0 Å². The fraction of sp³-hybridized carbons (Fsp3) is 0.462. The Labute approximate surface area is 106 Å². The Morgan fingerprint density at radius 2 is 2.39 bits per heavy atom. The van der Waals surface area contributed by atoms with Gasteiger partial charge in [-0.1, -0.05) is 6.07 Å². The van der Waals surface area contributed by atoms with Crippen LogP contribution in [0.4, 0.5) is 5.69 Å². The van der Waals surface area contributed by atoms with Gasteiger partial charge in [0.05, 0.1) is 36.8 Å². The van der Waals surface area contributed by atoms with Crippen LogP contribution in [0, 0.1) is 0 Å². The Kier molecular flexibility index (Phi) is 2.93. The molecule has 1 aliphatic heterocycles. The van der Waals surface area contributed by atoms with Crippen LogP contribution in [0.2, 0.25) is 0 Å². The first-order chi connectivity index (χ1) is 8.79. The molecule has 3 rings (SSSR count). The number of para-hydroxylation sites is 1. The number of rotatable bonds is 2. The van der Waals surface area contributed by atoms with E-state index in [0.29, 0.717) is 13.2 Å². The number of aromatic nitrogens is 2. The van der Waals surface area contributed by atoms with Gasteiger partial charge in [-0.05, 0) is 12.1 Å². The lowest BCUT2D eigenvalue weighted by Crippen LogP contribution is -2.44. The van der Waals surface area contributed by atoms with Crippen molar-refractivity contribution < 1.29 is 9.84 Å². The Bertz CT molecular complexity index is 552. The first-order valence-corrected chi connectivity index (χ1v) is 6.17. The van der Waals surface area contributed by atoms with Crippen LogP contribution in [0.3, 0.4) is 0 Å². The minimum atomic E-state index is -0.0993. The summed E-state index contributed by atoms with van der Waals surface area (Å²) in [6, 6.07) is 6.19. The first-order valence-electron chi connectivity index (χ1n) is 6.17. The number of fused-ring (bicyclic) bond motifs is 1. The molecule has 0 amide bonds. The van der Waals surface area contributed by atoms with Crippen molar-refractivity contribution in [1.29, 1.82) is 0 Å². The molecule has 0 bridgehead atoms. The number of aliphatic hydroxyl groups is 1. The van der Waals surface area contributed by atoms with Crippen LogP contribution in [0.5, 0.6) is 0 Å². The van der Waals surface area contributed by atoms with E-state index in [1.807, 2.05) is 24.0 Å². The molecular formula is C13H17N3O2. The predicted molar refractivity (Wildman–Crippen MR) is 69.8 cm³/mol. The van der Waals surface area contributed by atoms with Gasteiger partial charge in [0.25, 0.3) is 0 Å². The third-order valence-electron chi connectivity index (χ3n) is 3.42. The van der Waals surface area contributed by atoms with E-state index in [2.05, 4.69) is 22.0 Å². The highest BCUT2D eigenvalue weighted by Gasteiger charge is 2.21. The molecule has 1 saturated heterocycles. The van der Waals surface area contributed by atoms with Crippen molar-refractivity contribution in [2.75, 3.05) is 31.2 Å². The molecule has 0 spiro atoms. The lowest BCUT2D eigenvalue weighted by atomic mass is 10.2. The second-order valence-corrected chi connectivity index (χ2v) is 4.62. The van der Waals surface area contributed by atoms with Crippen molar-refractivity contribution in [3.63, 3.8) is 0 Å².